The zero-order valence-corrected chi connectivity index (χ0v) is 9.85. The van der Waals surface area contributed by atoms with Crippen LogP contribution in [0.3, 0.4) is 0 Å². The standard InChI is InChI=1S/C14H18O2/c1-10-7-8-13(16-2)14(10)12-6-4-3-5-11(12)9-15/h3-6,9-10,13-14H,7-8H2,1-2H3. The first-order chi connectivity index (χ1) is 7.77. The van der Waals surface area contributed by atoms with Gasteiger partial charge in [0.1, 0.15) is 6.29 Å². The van der Waals surface area contributed by atoms with Crippen LogP contribution in [0.4, 0.5) is 0 Å². The molecule has 3 atom stereocenters. The van der Waals surface area contributed by atoms with Crippen LogP contribution in [-0.2, 0) is 4.74 Å². The topological polar surface area (TPSA) is 26.3 Å². The number of carbonyl (C=O) groups excluding carboxylic acids is 1. The Morgan fingerprint density at radius 3 is 2.75 bits per heavy atom. The van der Waals surface area contributed by atoms with E-state index < -0.39 is 0 Å². The van der Waals surface area contributed by atoms with Crippen LogP contribution < -0.4 is 0 Å². The van der Waals surface area contributed by atoms with E-state index in [4.69, 9.17) is 4.74 Å². The number of aldehydes is 1. The molecule has 0 N–H and O–H groups in total. The van der Waals surface area contributed by atoms with Crippen molar-refractivity contribution in [3.05, 3.63) is 35.4 Å². The van der Waals surface area contributed by atoms with Crippen LogP contribution in [0.25, 0.3) is 0 Å². The lowest BCUT2D eigenvalue weighted by Gasteiger charge is -2.23. The lowest BCUT2D eigenvalue weighted by molar-refractivity contribution is 0.0891. The van der Waals surface area contributed by atoms with Crippen LogP contribution in [0, 0.1) is 5.92 Å². The Bertz CT molecular complexity index is 373. The molecule has 0 aliphatic heterocycles. The highest BCUT2D eigenvalue weighted by Crippen LogP contribution is 2.41. The number of methoxy groups -OCH3 is 1. The predicted molar refractivity (Wildman–Crippen MR) is 63.8 cm³/mol. The highest BCUT2D eigenvalue weighted by molar-refractivity contribution is 5.77. The summed E-state index contributed by atoms with van der Waals surface area (Å²) >= 11 is 0. The van der Waals surface area contributed by atoms with E-state index in [1.165, 1.54) is 6.42 Å². The molecule has 1 aromatic rings. The number of rotatable bonds is 3. The summed E-state index contributed by atoms with van der Waals surface area (Å²) in [5.41, 5.74) is 1.96. The molecule has 0 spiro atoms. The van der Waals surface area contributed by atoms with Crippen molar-refractivity contribution in [2.24, 2.45) is 5.92 Å². The maximum absolute atomic E-state index is 11.0. The first-order valence-electron chi connectivity index (χ1n) is 5.84. The molecule has 1 aliphatic carbocycles. The normalized spacial score (nSPS) is 29.2. The SMILES string of the molecule is COC1CCC(C)C1c1ccccc1C=O. The fourth-order valence-corrected chi connectivity index (χ4v) is 2.85. The van der Waals surface area contributed by atoms with Gasteiger partial charge < -0.3 is 4.74 Å². The third-order valence-corrected chi connectivity index (χ3v) is 3.70. The van der Waals surface area contributed by atoms with Gasteiger partial charge in [0, 0.05) is 18.6 Å². The molecule has 2 heteroatoms. The summed E-state index contributed by atoms with van der Waals surface area (Å²) in [7, 11) is 1.76. The fraction of sp³-hybridized carbons (Fsp3) is 0.500. The van der Waals surface area contributed by atoms with Gasteiger partial charge >= 0.3 is 0 Å². The highest BCUT2D eigenvalue weighted by Gasteiger charge is 2.35. The van der Waals surface area contributed by atoms with Crippen molar-refractivity contribution < 1.29 is 9.53 Å². The van der Waals surface area contributed by atoms with E-state index in [2.05, 4.69) is 13.0 Å². The van der Waals surface area contributed by atoms with Crippen LogP contribution >= 0.6 is 0 Å². The van der Waals surface area contributed by atoms with Crippen molar-refractivity contribution in [1.29, 1.82) is 0 Å². The van der Waals surface area contributed by atoms with E-state index in [0.29, 0.717) is 11.8 Å². The molecule has 2 rings (SSSR count). The van der Waals surface area contributed by atoms with E-state index in [1.807, 2.05) is 18.2 Å². The molecule has 0 heterocycles. The molecular formula is C14H18O2. The maximum atomic E-state index is 11.0. The van der Waals surface area contributed by atoms with Gasteiger partial charge in [0.25, 0.3) is 0 Å². The third-order valence-electron chi connectivity index (χ3n) is 3.70. The van der Waals surface area contributed by atoms with E-state index >= 15 is 0 Å². The first kappa shape index (κ1) is 11.3. The third kappa shape index (κ3) is 1.90. The molecule has 0 saturated heterocycles. The van der Waals surface area contributed by atoms with Crippen molar-refractivity contribution in [3.63, 3.8) is 0 Å². The number of ether oxygens (including phenoxy) is 1. The second-order valence-electron chi connectivity index (χ2n) is 4.60. The molecule has 1 saturated carbocycles. The molecule has 1 aliphatic rings. The van der Waals surface area contributed by atoms with Gasteiger partial charge in [-0.05, 0) is 24.3 Å². The summed E-state index contributed by atoms with van der Waals surface area (Å²) in [5.74, 6) is 0.956. The number of benzene rings is 1. The van der Waals surface area contributed by atoms with Gasteiger partial charge in [-0.2, -0.15) is 0 Å². The molecule has 1 fully saturated rings. The van der Waals surface area contributed by atoms with Gasteiger partial charge in [0.2, 0.25) is 0 Å². The Kier molecular flexibility index (Phi) is 3.39. The molecule has 86 valence electrons. The van der Waals surface area contributed by atoms with E-state index in [-0.39, 0.29) is 6.10 Å². The first-order valence-corrected chi connectivity index (χ1v) is 5.84. The summed E-state index contributed by atoms with van der Waals surface area (Å²) < 4.78 is 5.53. The Morgan fingerprint density at radius 1 is 1.31 bits per heavy atom. The molecule has 16 heavy (non-hydrogen) atoms. The maximum Gasteiger partial charge on any atom is 0.150 e. The molecular weight excluding hydrogens is 200 g/mol. The van der Waals surface area contributed by atoms with Crippen LogP contribution in [0.5, 0.6) is 0 Å². The predicted octanol–water partition coefficient (Wildman–Crippen LogP) is 3.03. The minimum Gasteiger partial charge on any atom is -0.381 e. The molecule has 1 aromatic carbocycles. The minimum atomic E-state index is 0.260. The van der Waals surface area contributed by atoms with Gasteiger partial charge in [0.05, 0.1) is 6.10 Å². The van der Waals surface area contributed by atoms with Gasteiger partial charge in [-0.25, -0.2) is 0 Å². The Labute approximate surface area is 96.6 Å². The minimum absolute atomic E-state index is 0.260. The molecule has 2 nitrogen and oxygen atoms in total. The zero-order chi connectivity index (χ0) is 11.5. The second-order valence-corrected chi connectivity index (χ2v) is 4.60. The van der Waals surface area contributed by atoms with Gasteiger partial charge in [0.15, 0.2) is 0 Å². The molecule has 0 amide bonds. The van der Waals surface area contributed by atoms with Gasteiger partial charge in [-0.15, -0.1) is 0 Å². The van der Waals surface area contributed by atoms with Crippen molar-refractivity contribution in [3.8, 4) is 0 Å². The van der Waals surface area contributed by atoms with E-state index in [0.717, 1.165) is 23.8 Å². The lowest BCUT2D eigenvalue weighted by atomic mass is 9.86. The summed E-state index contributed by atoms with van der Waals surface area (Å²) in [5, 5.41) is 0. The van der Waals surface area contributed by atoms with E-state index in [1.54, 1.807) is 7.11 Å². The van der Waals surface area contributed by atoms with Crippen LogP contribution in [-0.4, -0.2) is 19.5 Å². The number of hydrogen-bond acceptors (Lipinski definition) is 2. The van der Waals surface area contributed by atoms with Crippen LogP contribution in [0.15, 0.2) is 24.3 Å². The largest absolute Gasteiger partial charge is 0.381 e. The molecule has 0 aromatic heterocycles. The summed E-state index contributed by atoms with van der Waals surface area (Å²) in [6.07, 6.45) is 3.48. The average molecular weight is 218 g/mol. The summed E-state index contributed by atoms with van der Waals surface area (Å²) in [4.78, 5) is 11.0. The average Bonchev–Trinajstić information content (AvgIpc) is 2.70. The Morgan fingerprint density at radius 2 is 2.06 bits per heavy atom. The number of carbonyl (C=O) groups is 1. The van der Waals surface area contributed by atoms with Crippen LogP contribution in [0.2, 0.25) is 0 Å². The van der Waals surface area contributed by atoms with Gasteiger partial charge in [-0.1, -0.05) is 31.2 Å². The second kappa shape index (κ2) is 4.79. The van der Waals surface area contributed by atoms with Crippen molar-refractivity contribution in [2.75, 3.05) is 7.11 Å². The van der Waals surface area contributed by atoms with Gasteiger partial charge in [-0.3, -0.25) is 4.79 Å². The summed E-state index contributed by atoms with van der Waals surface area (Å²) in [6.45, 7) is 2.24. The monoisotopic (exact) mass is 218 g/mol. The van der Waals surface area contributed by atoms with Crippen LogP contribution in [0.1, 0.15) is 41.6 Å². The lowest BCUT2D eigenvalue weighted by Crippen LogP contribution is -2.19. The molecule has 3 unspecified atom stereocenters. The van der Waals surface area contributed by atoms with E-state index in [9.17, 15) is 4.79 Å². The highest BCUT2D eigenvalue weighted by atomic mass is 16.5. The summed E-state index contributed by atoms with van der Waals surface area (Å²) in [6, 6.07) is 7.86. The number of hydrogen-bond donors (Lipinski definition) is 0. The fourth-order valence-electron chi connectivity index (χ4n) is 2.85. The quantitative estimate of drug-likeness (QED) is 0.729. The van der Waals surface area contributed by atoms with Crippen molar-refractivity contribution in [2.45, 2.75) is 31.8 Å². The Balaban J connectivity index is 2.37. The smallest absolute Gasteiger partial charge is 0.150 e. The zero-order valence-electron chi connectivity index (χ0n) is 9.85. The van der Waals surface area contributed by atoms with Crippen molar-refractivity contribution in [1.82, 2.24) is 0 Å². The molecule has 0 bridgehead atoms. The van der Waals surface area contributed by atoms with Crippen molar-refractivity contribution >= 4 is 6.29 Å². The Hall–Kier alpha value is -1.15. The molecule has 0 radical (unpaired) electrons.